The minimum Gasteiger partial charge on any atom is -0.468 e. The average molecular weight is 466 g/mol. The van der Waals surface area contributed by atoms with Crippen molar-refractivity contribution in [3.8, 4) is 0 Å². The monoisotopic (exact) mass is 465 g/mol. The molecule has 3 atom stereocenters. The maximum Gasteiger partial charge on any atom is 0.337 e. The van der Waals surface area contributed by atoms with E-state index < -0.39 is 23.8 Å². The lowest BCUT2D eigenvalue weighted by Gasteiger charge is -2.38. The molecule has 6 nitrogen and oxygen atoms in total. The van der Waals surface area contributed by atoms with Gasteiger partial charge >= 0.3 is 11.9 Å². The zero-order chi connectivity index (χ0) is 23.0. The first kappa shape index (κ1) is 23.4. The van der Waals surface area contributed by atoms with Crippen LogP contribution < -0.4 is 5.32 Å². The lowest BCUT2D eigenvalue weighted by atomic mass is 9.69. The third-order valence-electron chi connectivity index (χ3n) is 5.58. The summed E-state index contributed by atoms with van der Waals surface area (Å²) in [6.45, 7) is 7.11. The number of hydrogen-bond acceptors (Lipinski definition) is 6. The molecule has 1 aliphatic heterocycles. The lowest BCUT2D eigenvalue weighted by molar-refractivity contribution is -0.151. The molecule has 0 saturated carbocycles. The molecule has 2 aliphatic rings. The van der Waals surface area contributed by atoms with Gasteiger partial charge in [0.15, 0.2) is 5.78 Å². The highest BCUT2D eigenvalue weighted by Gasteiger charge is 2.47. The van der Waals surface area contributed by atoms with E-state index in [9.17, 15) is 14.4 Å². The molecule has 1 aromatic carbocycles. The standard InChI is InChI=1S/C23H25Cl2NO5/c1-10(2)31-23(29)18-12(4)26-16-8-11(3)17(22(28)30-5)21(27)20(16)19(18)13-6-7-14(24)15(25)9-13/h6-7,9-11,17,19,26H,8H2,1-5H3/t11-,17+,19+/m0/s1. The van der Waals surface area contributed by atoms with Gasteiger partial charge in [0.1, 0.15) is 5.92 Å². The molecule has 1 aromatic rings. The summed E-state index contributed by atoms with van der Waals surface area (Å²) >= 11 is 12.4. The molecular weight excluding hydrogens is 441 g/mol. The van der Waals surface area contributed by atoms with Crippen molar-refractivity contribution in [1.29, 1.82) is 0 Å². The fourth-order valence-electron chi connectivity index (χ4n) is 4.25. The van der Waals surface area contributed by atoms with Crippen LogP contribution in [0.2, 0.25) is 10.0 Å². The zero-order valence-corrected chi connectivity index (χ0v) is 19.6. The molecule has 166 valence electrons. The van der Waals surface area contributed by atoms with Crippen molar-refractivity contribution < 1.29 is 23.9 Å². The van der Waals surface area contributed by atoms with Crippen LogP contribution in [0.5, 0.6) is 0 Å². The molecule has 1 heterocycles. The number of esters is 2. The summed E-state index contributed by atoms with van der Waals surface area (Å²) in [6.07, 6.45) is 0.116. The van der Waals surface area contributed by atoms with Gasteiger partial charge in [0, 0.05) is 22.9 Å². The van der Waals surface area contributed by atoms with Gasteiger partial charge in [0.25, 0.3) is 0 Å². The number of nitrogens with one attached hydrogen (secondary N) is 1. The predicted molar refractivity (Wildman–Crippen MR) is 118 cm³/mol. The van der Waals surface area contributed by atoms with Crippen molar-refractivity contribution in [2.75, 3.05) is 7.11 Å². The number of allylic oxidation sites excluding steroid dienone is 3. The largest absolute Gasteiger partial charge is 0.468 e. The van der Waals surface area contributed by atoms with Crippen LogP contribution in [0.1, 0.15) is 45.6 Å². The molecule has 0 fully saturated rings. The van der Waals surface area contributed by atoms with E-state index in [0.29, 0.717) is 44.6 Å². The number of ketones is 1. The molecule has 0 saturated heterocycles. The summed E-state index contributed by atoms with van der Waals surface area (Å²) in [4.78, 5) is 39.0. The van der Waals surface area contributed by atoms with Gasteiger partial charge in [-0.05, 0) is 50.8 Å². The highest BCUT2D eigenvalue weighted by Crippen LogP contribution is 2.46. The predicted octanol–water partition coefficient (Wildman–Crippen LogP) is 4.56. The Kier molecular flexibility index (Phi) is 6.82. The van der Waals surface area contributed by atoms with Crippen molar-refractivity contribution >= 4 is 40.9 Å². The second-order valence-corrected chi connectivity index (χ2v) is 8.98. The summed E-state index contributed by atoms with van der Waals surface area (Å²) < 4.78 is 10.4. The van der Waals surface area contributed by atoms with Crippen LogP contribution >= 0.6 is 23.2 Å². The second kappa shape index (κ2) is 9.05. The lowest BCUT2D eigenvalue weighted by Crippen LogP contribution is -2.43. The van der Waals surface area contributed by atoms with Crippen LogP contribution in [0.4, 0.5) is 0 Å². The maximum absolute atomic E-state index is 13.6. The highest BCUT2D eigenvalue weighted by atomic mass is 35.5. The molecule has 0 radical (unpaired) electrons. The second-order valence-electron chi connectivity index (χ2n) is 8.16. The van der Waals surface area contributed by atoms with E-state index >= 15 is 0 Å². The Balaban J connectivity index is 2.21. The molecule has 0 unspecified atom stereocenters. The smallest absolute Gasteiger partial charge is 0.337 e. The summed E-state index contributed by atoms with van der Waals surface area (Å²) in [5.41, 5.74) is 2.56. The van der Waals surface area contributed by atoms with Crippen molar-refractivity contribution in [1.82, 2.24) is 5.32 Å². The molecule has 0 aromatic heterocycles. The topological polar surface area (TPSA) is 81.7 Å². The van der Waals surface area contributed by atoms with Gasteiger partial charge in [-0.1, -0.05) is 36.2 Å². The zero-order valence-electron chi connectivity index (χ0n) is 18.0. The van der Waals surface area contributed by atoms with Crippen LogP contribution in [0, 0.1) is 11.8 Å². The summed E-state index contributed by atoms with van der Waals surface area (Å²) in [5, 5.41) is 3.87. The van der Waals surface area contributed by atoms with E-state index in [-0.39, 0.29) is 17.8 Å². The van der Waals surface area contributed by atoms with Gasteiger partial charge in [-0.3, -0.25) is 9.59 Å². The average Bonchev–Trinajstić information content (AvgIpc) is 2.68. The van der Waals surface area contributed by atoms with E-state index in [1.54, 1.807) is 39.0 Å². The van der Waals surface area contributed by atoms with Crippen LogP contribution in [0.25, 0.3) is 0 Å². The SMILES string of the molecule is COC(=O)[C@H]1C(=O)C2=C(C[C@@H]1C)NC(C)=C(C(=O)OC(C)C)[C@H]2c1ccc(Cl)c(Cl)c1. The number of halogens is 2. The number of rotatable bonds is 4. The minimum absolute atomic E-state index is 0.252. The molecule has 1 N–H and O–H groups in total. The van der Waals surface area contributed by atoms with E-state index in [1.165, 1.54) is 7.11 Å². The molecule has 31 heavy (non-hydrogen) atoms. The van der Waals surface area contributed by atoms with E-state index in [0.717, 1.165) is 0 Å². The Morgan fingerprint density at radius 2 is 1.87 bits per heavy atom. The van der Waals surface area contributed by atoms with Crippen LogP contribution in [-0.2, 0) is 23.9 Å². The molecular formula is C23H25Cl2NO5. The van der Waals surface area contributed by atoms with Crippen LogP contribution in [-0.4, -0.2) is 30.9 Å². The molecule has 0 amide bonds. The van der Waals surface area contributed by atoms with Gasteiger partial charge in [0.2, 0.25) is 0 Å². The first-order chi connectivity index (χ1) is 14.6. The summed E-state index contributed by atoms with van der Waals surface area (Å²) in [5.74, 6) is -3.44. The van der Waals surface area contributed by atoms with Gasteiger partial charge in [0.05, 0.1) is 28.8 Å². The first-order valence-electron chi connectivity index (χ1n) is 10.1. The number of carbonyl (C=O) groups is 3. The fourth-order valence-corrected chi connectivity index (χ4v) is 4.56. The van der Waals surface area contributed by atoms with Gasteiger partial charge in [-0.25, -0.2) is 4.79 Å². The van der Waals surface area contributed by atoms with E-state index in [4.69, 9.17) is 32.7 Å². The molecule has 8 heteroatoms. The Morgan fingerprint density at radius 3 is 2.45 bits per heavy atom. The number of Topliss-reactive ketones (excluding diaryl/α,β-unsaturated/α-hetero) is 1. The van der Waals surface area contributed by atoms with Gasteiger partial charge in [-0.2, -0.15) is 0 Å². The van der Waals surface area contributed by atoms with Crippen LogP contribution in [0.3, 0.4) is 0 Å². The number of ether oxygens (including phenoxy) is 2. The molecule has 3 rings (SSSR count). The van der Waals surface area contributed by atoms with Crippen molar-refractivity contribution in [2.45, 2.75) is 46.1 Å². The molecule has 1 aliphatic carbocycles. The minimum atomic E-state index is -0.948. The Morgan fingerprint density at radius 1 is 1.19 bits per heavy atom. The first-order valence-corrected chi connectivity index (χ1v) is 10.8. The highest BCUT2D eigenvalue weighted by molar-refractivity contribution is 6.42. The molecule has 0 spiro atoms. The Bertz CT molecular complexity index is 1010. The quantitative estimate of drug-likeness (QED) is 0.518. The molecule has 0 bridgehead atoms. The van der Waals surface area contributed by atoms with Crippen molar-refractivity contribution in [3.05, 3.63) is 56.3 Å². The maximum atomic E-state index is 13.6. The number of carbonyl (C=O) groups excluding carboxylic acids is 3. The summed E-state index contributed by atoms with van der Waals surface area (Å²) in [7, 11) is 1.26. The third-order valence-corrected chi connectivity index (χ3v) is 6.32. The number of methoxy groups -OCH3 is 1. The number of dihydropyridines is 1. The van der Waals surface area contributed by atoms with Gasteiger partial charge < -0.3 is 14.8 Å². The van der Waals surface area contributed by atoms with Crippen molar-refractivity contribution in [3.63, 3.8) is 0 Å². The van der Waals surface area contributed by atoms with Crippen molar-refractivity contribution in [2.24, 2.45) is 11.8 Å². The van der Waals surface area contributed by atoms with Crippen LogP contribution in [0.15, 0.2) is 40.7 Å². The van der Waals surface area contributed by atoms with E-state index in [2.05, 4.69) is 5.32 Å². The third kappa shape index (κ3) is 4.37. The normalized spacial score (nSPS) is 23.5. The summed E-state index contributed by atoms with van der Waals surface area (Å²) in [6, 6.07) is 4.98. The Hall–Kier alpha value is -2.31. The number of hydrogen-bond donors (Lipinski definition) is 1. The number of benzene rings is 1. The van der Waals surface area contributed by atoms with E-state index in [1.807, 2.05) is 6.92 Å². The Labute approximate surface area is 191 Å². The van der Waals surface area contributed by atoms with Gasteiger partial charge in [-0.15, -0.1) is 0 Å². The fraction of sp³-hybridized carbons (Fsp3) is 0.435.